The molecule has 0 radical (unpaired) electrons. The van der Waals surface area contributed by atoms with Gasteiger partial charge in [0.1, 0.15) is 5.60 Å². The molecule has 1 atom stereocenters. The first-order valence-electron chi connectivity index (χ1n) is 8.72. The first kappa shape index (κ1) is 20.9. The van der Waals surface area contributed by atoms with Gasteiger partial charge in [0.15, 0.2) is 0 Å². The minimum absolute atomic E-state index is 0.127. The number of amides is 2. The van der Waals surface area contributed by atoms with Crippen LogP contribution in [0, 0.1) is 0 Å². The van der Waals surface area contributed by atoms with Crippen LogP contribution in [0.2, 0.25) is 0 Å². The Bertz CT molecular complexity index is 499. The quantitative estimate of drug-likeness (QED) is 0.395. The third-order valence-electron chi connectivity index (χ3n) is 3.66. The molecule has 1 heterocycles. The van der Waals surface area contributed by atoms with Crippen LogP contribution in [-0.4, -0.2) is 52.4 Å². The van der Waals surface area contributed by atoms with E-state index in [1.165, 1.54) is 0 Å². The van der Waals surface area contributed by atoms with Gasteiger partial charge in [-0.2, -0.15) is 5.10 Å². The van der Waals surface area contributed by atoms with Gasteiger partial charge in [-0.25, -0.2) is 10.2 Å². The normalized spacial score (nSPS) is 17.7. The van der Waals surface area contributed by atoms with Crippen molar-refractivity contribution < 1.29 is 24.2 Å². The molecule has 1 saturated heterocycles. The van der Waals surface area contributed by atoms with E-state index >= 15 is 0 Å². The highest BCUT2D eigenvalue weighted by Crippen LogP contribution is 2.19. The fraction of sp³-hybridized carbons (Fsp3) is 0.765. The molecule has 1 rings (SSSR count). The van der Waals surface area contributed by atoms with Crippen LogP contribution in [0.15, 0.2) is 5.10 Å². The monoisotopic (exact) mass is 355 g/mol. The topological polar surface area (TPSA) is 108 Å². The fourth-order valence-corrected chi connectivity index (χ4v) is 2.48. The number of nitrogens with one attached hydrogen (secondary N) is 1. The summed E-state index contributed by atoms with van der Waals surface area (Å²) >= 11 is 0. The van der Waals surface area contributed by atoms with Crippen molar-refractivity contribution in [3.63, 3.8) is 0 Å². The molecular weight excluding hydrogens is 326 g/mol. The summed E-state index contributed by atoms with van der Waals surface area (Å²) in [5.41, 5.74) is 1.91. The number of carboxylic acid groups (broad SMARTS) is 1. The standard InChI is InChI=1S/C17H29N3O5/c1-17(2,3)25-16(24)20-11-7-8-13(20)12-18-19-14(21)9-5-4-6-10-15(22)23/h12-13H,4-11H2,1-3H3,(H,19,21)(H,22,23)/b18-12+/t13-/m0/s1. The number of carbonyl (C=O) groups is 3. The molecule has 0 unspecified atom stereocenters. The van der Waals surface area contributed by atoms with Gasteiger partial charge < -0.3 is 14.7 Å². The van der Waals surface area contributed by atoms with Gasteiger partial charge in [0.2, 0.25) is 5.91 Å². The molecule has 1 fully saturated rings. The molecule has 0 aromatic rings. The molecule has 8 nitrogen and oxygen atoms in total. The van der Waals surface area contributed by atoms with E-state index in [0.29, 0.717) is 32.2 Å². The smallest absolute Gasteiger partial charge is 0.410 e. The minimum Gasteiger partial charge on any atom is -0.481 e. The van der Waals surface area contributed by atoms with E-state index in [1.807, 2.05) is 20.8 Å². The summed E-state index contributed by atoms with van der Waals surface area (Å²) < 4.78 is 5.37. The van der Waals surface area contributed by atoms with Crippen LogP contribution in [0.3, 0.4) is 0 Å². The number of rotatable bonds is 8. The predicted molar refractivity (Wildman–Crippen MR) is 93.3 cm³/mol. The number of unbranched alkanes of at least 4 members (excludes halogenated alkanes) is 2. The van der Waals surface area contributed by atoms with Crippen molar-refractivity contribution in [1.29, 1.82) is 0 Å². The average Bonchev–Trinajstić information content (AvgIpc) is 2.93. The second-order valence-corrected chi connectivity index (χ2v) is 7.15. The molecule has 25 heavy (non-hydrogen) atoms. The Morgan fingerprint density at radius 2 is 1.92 bits per heavy atom. The van der Waals surface area contributed by atoms with E-state index in [0.717, 1.165) is 12.8 Å². The first-order chi connectivity index (χ1) is 11.7. The van der Waals surface area contributed by atoms with Crippen LogP contribution in [0.4, 0.5) is 4.79 Å². The summed E-state index contributed by atoms with van der Waals surface area (Å²) in [7, 11) is 0. The van der Waals surface area contributed by atoms with Crippen LogP contribution in [-0.2, 0) is 14.3 Å². The van der Waals surface area contributed by atoms with Gasteiger partial charge in [0, 0.05) is 25.6 Å². The Morgan fingerprint density at radius 3 is 2.56 bits per heavy atom. The third-order valence-corrected chi connectivity index (χ3v) is 3.66. The molecule has 0 aromatic heterocycles. The summed E-state index contributed by atoms with van der Waals surface area (Å²) in [5, 5.41) is 12.5. The molecule has 2 amide bonds. The van der Waals surface area contributed by atoms with Crippen molar-refractivity contribution in [1.82, 2.24) is 10.3 Å². The zero-order valence-corrected chi connectivity index (χ0v) is 15.3. The van der Waals surface area contributed by atoms with Crippen LogP contribution in [0.5, 0.6) is 0 Å². The Kier molecular flexibility index (Phi) is 8.37. The Balaban J connectivity index is 2.30. The number of nitrogens with zero attached hydrogens (tertiary/aromatic N) is 2. The number of hydrogen-bond donors (Lipinski definition) is 2. The Hall–Kier alpha value is -2.12. The van der Waals surface area contributed by atoms with E-state index in [2.05, 4.69) is 10.5 Å². The zero-order chi connectivity index (χ0) is 18.9. The lowest BCUT2D eigenvalue weighted by molar-refractivity contribution is -0.137. The van der Waals surface area contributed by atoms with Crippen LogP contribution >= 0.6 is 0 Å². The van der Waals surface area contributed by atoms with Gasteiger partial charge in [-0.05, 0) is 46.5 Å². The van der Waals surface area contributed by atoms with Gasteiger partial charge in [-0.15, -0.1) is 0 Å². The number of ether oxygens (including phenoxy) is 1. The lowest BCUT2D eigenvalue weighted by Gasteiger charge is -2.26. The highest BCUT2D eigenvalue weighted by Gasteiger charge is 2.31. The summed E-state index contributed by atoms with van der Waals surface area (Å²) in [6, 6.07) is -0.175. The lowest BCUT2D eigenvalue weighted by Crippen LogP contribution is -2.40. The number of hydrogen-bond acceptors (Lipinski definition) is 5. The fourth-order valence-electron chi connectivity index (χ4n) is 2.48. The number of hydrazone groups is 1. The van der Waals surface area contributed by atoms with Crippen molar-refractivity contribution in [2.45, 2.75) is 77.4 Å². The van der Waals surface area contributed by atoms with Gasteiger partial charge in [0.05, 0.1) is 6.04 Å². The lowest BCUT2D eigenvalue weighted by atomic mass is 10.1. The predicted octanol–water partition coefficient (Wildman–Crippen LogP) is 2.52. The Labute approximate surface area is 148 Å². The van der Waals surface area contributed by atoms with E-state index in [-0.39, 0.29) is 24.5 Å². The molecule has 2 N–H and O–H groups in total. The molecule has 1 aliphatic heterocycles. The second kappa shape index (κ2) is 10.0. The summed E-state index contributed by atoms with van der Waals surface area (Å²) in [6.07, 6.45) is 5.17. The molecule has 0 bridgehead atoms. The maximum absolute atomic E-state index is 12.1. The van der Waals surface area contributed by atoms with Crippen molar-refractivity contribution in [2.75, 3.05) is 6.54 Å². The summed E-state index contributed by atoms with van der Waals surface area (Å²) in [5.74, 6) is -1.03. The molecule has 1 aliphatic rings. The molecule has 0 aliphatic carbocycles. The van der Waals surface area contributed by atoms with E-state index in [4.69, 9.17) is 9.84 Å². The van der Waals surface area contributed by atoms with Gasteiger partial charge in [-0.1, -0.05) is 6.42 Å². The van der Waals surface area contributed by atoms with Crippen molar-refractivity contribution in [3.05, 3.63) is 0 Å². The minimum atomic E-state index is -0.819. The maximum atomic E-state index is 12.1. The second-order valence-electron chi connectivity index (χ2n) is 7.15. The highest BCUT2D eigenvalue weighted by atomic mass is 16.6. The van der Waals surface area contributed by atoms with Crippen LogP contribution in [0.1, 0.15) is 65.7 Å². The SMILES string of the molecule is CC(C)(C)OC(=O)N1CCC[C@H]1/C=N/NC(=O)CCCCCC(=O)O. The van der Waals surface area contributed by atoms with E-state index < -0.39 is 11.6 Å². The molecule has 142 valence electrons. The average molecular weight is 355 g/mol. The first-order valence-corrected chi connectivity index (χ1v) is 8.72. The summed E-state index contributed by atoms with van der Waals surface area (Å²) in [4.78, 5) is 35.8. The highest BCUT2D eigenvalue weighted by molar-refractivity contribution is 5.79. The molecule has 0 spiro atoms. The van der Waals surface area contributed by atoms with Crippen molar-refractivity contribution in [2.24, 2.45) is 5.10 Å². The largest absolute Gasteiger partial charge is 0.481 e. The van der Waals surface area contributed by atoms with Crippen molar-refractivity contribution in [3.8, 4) is 0 Å². The molecule has 0 saturated carbocycles. The van der Waals surface area contributed by atoms with Gasteiger partial charge in [-0.3, -0.25) is 9.59 Å². The Morgan fingerprint density at radius 1 is 1.24 bits per heavy atom. The van der Waals surface area contributed by atoms with Crippen LogP contribution in [0.25, 0.3) is 0 Å². The van der Waals surface area contributed by atoms with Gasteiger partial charge in [0.25, 0.3) is 0 Å². The number of likely N-dealkylation sites (tertiary alicyclic amines) is 1. The van der Waals surface area contributed by atoms with Gasteiger partial charge >= 0.3 is 12.1 Å². The molecule has 8 heteroatoms. The van der Waals surface area contributed by atoms with Crippen LogP contribution < -0.4 is 5.43 Å². The van der Waals surface area contributed by atoms with Crippen molar-refractivity contribution >= 4 is 24.2 Å². The maximum Gasteiger partial charge on any atom is 0.410 e. The molecule has 0 aromatic carbocycles. The van der Waals surface area contributed by atoms with E-state index in [9.17, 15) is 14.4 Å². The third kappa shape index (κ3) is 9.07. The number of carbonyl (C=O) groups excluding carboxylic acids is 2. The number of carboxylic acids is 1. The van der Waals surface area contributed by atoms with E-state index in [1.54, 1.807) is 11.1 Å². The molecular formula is C17H29N3O5. The number of aliphatic carboxylic acids is 1. The summed E-state index contributed by atoms with van der Waals surface area (Å²) in [6.45, 7) is 6.07. The zero-order valence-electron chi connectivity index (χ0n) is 15.3.